The minimum absolute atomic E-state index is 0.0752. The van der Waals surface area contributed by atoms with Gasteiger partial charge in [-0.25, -0.2) is 0 Å². The molecular weight excluding hydrogens is 312 g/mol. The zero-order valence-corrected chi connectivity index (χ0v) is 14.0. The third kappa shape index (κ3) is 5.14. The summed E-state index contributed by atoms with van der Waals surface area (Å²) in [5, 5.41) is 13.6. The predicted octanol–water partition coefficient (Wildman–Crippen LogP) is 3.20. The van der Waals surface area contributed by atoms with Crippen LogP contribution in [0.5, 0.6) is 5.75 Å². The molecule has 0 bridgehead atoms. The van der Waals surface area contributed by atoms with Crippen molar-refractivity contribution >= 4 is 0 Å². The minimum Gasteiger partial charge on any atom is -0.491 e. The van der Waals surface area contributed by atoms with Gasteiger partial charge in [0.15, 0.2) is 0 Å². The number of pyridine rings is 1. The third-order valence-electron chi connectivity index (χ3n) is 3.86. The van der Waals surface area contributed by atoms with Gasteiger partial charge < -0.3 is 15.2 Å². The molecule has 2 N–H and O–H groups in total. The number of nitrogens with one attached hydrogen (secondary N) is 1. The second kappa shape index (κ2) is 8.97. The molecule has 2 atom stereocenters. The second-order valence-corrected chi connectivity index (χ2v) is 5.78. The van der Waals surface area contributed by atoms with E-state index in [-0.39, 0.29) is 12.6 Å². The zero-order valence-electron chi connectivity index (χ0n) is 14.0. The molecule has 4 nitrogen and oxygen atoms in total. The molecule has 0 fully saturated rings. The fourth-order valence-electron chi connectivity index (χ4n) is 2.61. The minimum atomic E-state index is -0.616. The number of ether oxygens (including phenoxy) is 1. The van der Waals surface area contributed by atoms with Crippen molar-refractivity contribution in [2.45, 2.75) is 12.1 Å². The monoisotopic (exact) mass is 334 g/mol. The molecule has 2 aromatic carbocycles. The lowest BCUT2D eigenvalue weighted by atomic mass is 10.0. The largest absolute Gasteiger partial charge is 0.491 e. The van der Waals surface area contributed by atoms with Crippen LogP contribution < -0.4 is 10.1 Å². The summed E-state index contributed by atoms with van der Waals surface area (Å²) >= 11 is 0. The van der Waals surface area contributed by atoms with Crippen LogP contribution in [0.4, 0.5) is 0 Å². The fourth-order valence-corrected chi connectivity index (χ4v) is 2.61. The van der Waals surface area contributed by atoms with E-state index >= 15 is 0 Å². The Kier molecular flexibility index (Phi) is 6.15. The van der Waals surface area contributed by atoms with E-state index < -0.39 is 6.10 Å². The summed E-state index contributed by atoms with van der Waals surface area (Å²) in [7, 11) is 0. The van der Waals surface area contributed by atoms with Crippen molar-refractivity contribution in [3.63, 3.8) is 0 Å². The zero-order chi connectivity index (χ0) is 17.3. The highest BCUT2D eigenvalue weighted by molar-refractivity contribution is 5.27. The summed E-state index contributed by atoms with van der Waals surface area (Å²) in [5.74, 6) is 0.755. The van der Waals surface area contributed by atoms with Crippen LogP contribution in [0, 0.1) is 0 Å². The Balaban J connectivity index is 1.61. The first-order chi connectivity index (χ1) is 12.3. The number of rotatable bonds is 8. The molecule has 4 heteroatoms. The van der Waals surface area contributed by atoms with Crippen molar-refractivity contribution in [1.82, 2.24) is 10.3 Å². The molecule has 0 spiro atoms. The van der Waals surface area contributed by atoms with Crippen LogP contribution in [0.2, 0.25) is 0 Å². The standard InChI is InChI=1S/C21H22N2O2/c24-18(16-25-19-11-5-2-6-12-19)15-23-21(17-9-3-1-4-10-17)20-13-7-8-14-22-20/h1-14,18,21,23-24H,15-16H2. The number of hydrogen-bond donors (Lipinski definition) is 2. The molecule has 0 aliphatic carbocycles. The SMILES string of the molecule is OC(CNC(c1ccccc1)c1ccccn1)COc1ccccc1. The van der Waals surface area contributed by atoms with Crippen molar-refractivity contribution in [2.75, 3.05) is 13.2 Å². The molecule has 0 amide bonds. The van der Waals surface area contributed by atoms with Crippen LogP contribution in [0.15, 0.2) is 85.1 Å². The molecule has 0 radical (unpaired) electrons. The van der Waals surface area contributed by atoms with E-state index in [9.17, 15) is 5.11 Å². The Morgan fingerprint density at radius 1 is 0.880 bits per heavy atom. The van der Waals surface area contributed by atoms with Gasteiger partial charge in [-0.3, -0.25) is 4.98 Å². The van der Waals surface area contributed by atoms with Crippen LogP contribution in [-0.2, 0) is 0 Å². The fraction of sp³-hybridized carbons (Fsp3) is 0.190. The van der Waals surface area contributed by atoms with E-state index in [4.69, 9.17) is 4.74 Å². The van der Waals surface area contributed by atoms with Crippen LogP contribution in [0.3, 0.4) is 0 Å². The van der Waals surface area contributed by atoms with Crippen molar-refractivity contribution in [1.29, 1.82) is 0 Å². The van der Waals surface area contributed by atoms with Gasteiger partial charge in [-0.05, 0) is 29.8 Å². The van der Waals surface area contributed by atoms with Gasteiger partial charge in [0.05, 0.1) is 11.7 Å². The molecule has 0 saturated carbocycles. The highest BCUT2D eigenvalue weighted by atomic mass is 16.5. The molecule has 0 aliphatic rings. The first-order valence-corrected chi connectivity index (χ1v) is 8.38. The van der Waals surface area contributed by atoms with E-state index in [2.05, 4.69) is 22.4 Å². The Bertz CT molecular complexity index is 696. The maximum atomic E-state index is 10.2. The predicted molar refractivity (Wildman–Crippen MR) is 98.5 cm³/mol. The molecule has 0 saturated heterocycles. The summed E-state index contributed by atoms with van der Waals surface area (Å²) in [6.45, 7) is 0.643. The lowest BCUT2D eigenvalue weighted by Crippen LogP contribution is -2.34. The summed E-state index contributed by atoms with van der Waals surface area (Å²) in [6.07, 6.45) is 1.16. The molecule has 3 aromatic rings. The van der Waals surface area contributed by atoms with Crippen LogP contribution >= 0.6 is 0 Å². The topological polar surface area (TPSA) is 54.4 Å². The maximum Gasteiger partial charge on any atom is 0.119 e. The Morgan fingerprint density at radius 2 is 1.56 bits per heavy atom. The number of para-hydroxylation sites is 1. The number of hydrogen-bond acceptors (Lipinski definition) is 4. The van der Waals surface area contributed by atoms with E-state index in [0.29, 0.717) is 6.54 Å². The van der Waals surface area contributed by atoms with E-state index in [0.717, 1.165) is 17.0 Å². The average Bonchev–Trinajstić information content (AvgIpc) is 2.69. The van der Waals surface area contributed by atoms with Crippen molar-refractivity contribution in [2.24, 2.45) is 0 Å². The second-order valence-electron chi connectivity index (χ2n) is 5.78. The normalized spacial score (nSPS) is 13.2. The van der Waals surface area contributed by atoms with Crippen LogP contribution in [-0.4, -0.2) is 29.3 Å². The molecule has 128 valence electrons. The summed E-state index contributed by atoms with van der Waals surface area (Å²) in [6, 6.07) is 25.4. The van der Waals surface area contributed by atoms with Gasteiger partial charge >= 0.3 is 0 Å². The number of aliphatic hydroxyl groups excluding tert-OH is 1. The average molecular weight is 334 g/mol. The molecule has 1 aromatic heterocycles. The molecule has 25 heavy (non-hydrogen) atoms. The van der Waals surface area contributed by atoms with E-state index in [1.807, 2.05) is 66.7 Å². The van der Waals surface area contributed by atoms with Gasteiger partial charge in [-0.2, -0.15) is 0 Å². The van der Waals surface area contributed by atoms with Crippen LogP contribution in [0.25, 0.3) is 0 Å². The van der Waals surface area contributed by atoms with Gasteiger partial charge in [0, 0.05) is 12.7 Å². The van der Waals surface area contributed by atoms with Gasteiger partial charge in [-0.15, -0.1) is 0 Å². The van der Waals surface area contributed by atoms with Gasteiger partial charge in [0.2, 0.25) is 0 Å². The number of aromatic nitrogens is 1. The van der Waals surface area contributed by atoms with E-state index in [1.54, 1.807) is 6.20 Å². The molecule has 1 heterocycles. The molecule has 3 rings (SSSR count). The Morgan fingerprint density at radius 3 is 2.24 bits per heavy atom. The van der Waals surface area contributed by atoms with Crippen molar-refractivity contribution in [3.05, 3.63) is 96.3 Å². The number of benzene rings is 2. The first-order valence-electron chi connectivity index (χ1n) is 8.38. The quantitative estimate of drug-likeness (QED) is 0.664. The summed E-state index contributed by atoms with van der Waals surface area (Å²) in [5.41, 5.74) is 2.03. The first kappa shape index (κ1) is 17.1. The van der Waals surface area contributed by atoms with Gasteiger partial charge in [0.1, 0.15) is 18.5 Å². The highest BCUT2D eigenvalue weighted by Gasteiger charge is 2.16. The summed E-state index contributed by atoms with van der Waals surface area (Å²) < 4.78 is 5.61. The smallest absolute Gasteiger partial charge is 0.119 e. The maximum absolute atomic E-state index is 10.2. The van der Waals surface area contributed by atoms with E-state index in [1.165, 1.54) is 0 Å². The van der Waals surface area contributed by atoms with Crippen LogP contribution in [0.1, 0.15) is 17.3 Å². The molecule has 2 unspecified atom stereocenters. The lowest BCUT2D eigenvalue weighted by Gasteiger charge is -2.21. The Labute approximate surface area is 148 Å². The highest BCUT2D eigenvalue weighted by Crippen LogP contribution is 2.19. The van der Waals surface area contributed by atoms with Gasteiger partial charge in [-0.1, -0.05) is 54.6 Å². The van der Waals surface area contributed by atoms with Crippen molar-refractivity contribution in [3.8, 4) is 5.75 Å². The number of nitrogens with zero attached hydrogens (tertiary/aromatic N) is 1. The van der Waals surface area contributed by atoms with Gasteiger partial charge in [0.25, 0.3) is 0 Å². The molecular formula is C21H22N2O2. The Hall–Kier alpha value is -2.69. The lowest BCUT2D eigenvalue weighted by molar-refractivity contribution is 0.104. The summed E-state index contributed by atoms with van der Waals surface area (Å²) in [4.78, 5) is 4.45. The third-order valence-corrected chi connectivity index (χ3v) is 3.86. The molecule has 0 aliphatic heterocycles. The van der Waals surface area contributed by atoms with Crippen molar-refractivity contribution < 1.29 is 9.84 Å². The number of aliphatic hydroxyl groups is 1.